The maximum Gasteiger partial charge on any atom is 0.137 e. The van der Waals surface area contributed by atoms with Gasteiger partial charge in [-0.2, -0.15) is 0 Å². The molecule has 0 amide bonds. The molecule has 0 N–H and O–H groups in total. The summed E-state index contributed by atoms with van der Waals surface area (Å²) >= 11 is 0. The highest BCUT2D eigenvalue weighted by molar-refractivity contribution is 5.83. The maximum atomic E-state index is 11.2. The minimum absolute atomic E-state index is 0.0289. The molecule has 0 aromatic heterocycles. The Morgan fingerprint density at radius 3 is 1.87 bits per heavy atom. The minimum atomic E-state index is 0.0289. The molecule has 0 bridgehead atoms. The zero-order valence-corrected chi connectivity index (χ0v) is 10.7. The van der Waals surface area contributed by atoms with Crippen molar-refractivity contribution in [1.29, 1.82) is 0 Å². The first-order chi connectivity index (χ1) is 7.04. The molecule has 1 atom stereocenters. The molecule has 0 saturated carbocycles. The quantitative estimate of drug-likeness (QED) is 0.714. The number of rotatable bonds is 2. The molecule has 1 aromatic carbocycles. The van der Waals surface area contributed by atoms with E-state index < -0.39 is 0 Å². The third kappa shape index (κ3) is 3.50. The van der Waals surface area contributed by atoms with Crippen molar-refractivity contribution in [2.24, 2.45) is 0 Å². The smallest absolute Gasteiger partial charge is 0.137 e. The second kappa shape index (κ2) is 6.39. The van der Waals surface area contributed by atoms with E-state index in [4.69, 9.17) is 0 Å². The van der Waals surface area contributed by atoms with E-state index >= 15 is 0 Å². The van der Waals surface area contributed by atoms with Gasteiger partial charge in [-0.25, -0.2) is 0 Å². The van der Waals surface area contributed by atoms with Crippen LogP contribution < -0.4 is 0 Å². The van der Waals surface area contributed by atoms with Gasteiger partial charge in [-0.05, 0) is 37.5 Å². The Labute approximate surface area is 93.5 Å². The van der Waals surface area contributed by atoms with Gasteiger partial charge in [-0.3, -0.25) is 4.79 Å². The molecule has 0 aliphatic carbocycles. The van der Waals surface area contributed by atoms with Gasteiger partial charge >= 0.3 is 0 Å². The van der Waals surface area contributed by atoms with Gasteiger partial charge in [0.15, 0.2) is 0 Å². The molecule has 0 radical (unpaired) electrons. The van der Waals surface area contributed by atoms with Gasteiger partial charge in [0.25, 0.3) is 0 Å². The zero-order valence-electron chi connectivity index (χ0n) is 10.7. The van der Waals surface area contributed by atoms with E-state index in [1.54, 1.807) is 6.92 Å². The van der Waals surface area contributed by atoms with Crippen molar-refractivity contribution < 1.29 is 4.79 Å². The lowest BCUT2D eigenvalue weighted by molar-refractivity contribution is -0.118. The normalized spacial score (nSPS) is 11.3. The van der Waals surface area contributed by atoms with Crippen LogP contribution in [-0.4, -0.2) is 5.78 Å². The van der Waals surface area contributed by atoms with Gasteiger partial charge in [0.2, 0.25) is 0 Å². The number of carbonyl (C=O) groups excluding carboxylic acids is 1. The second-order valence-electron chi connectivity index (χ2n) is 3.64. The van der Waals surface area contributed by atoms with Crippen molar-refractivity contribution in [3.05, 3.63) is 34.9 Å². The van der Waals surface area contributed by atoms with Gasteiger partial charge in [-0.15, -0.1) is 0 Å². The maximum absolute atomic E-state index is 11.2. The number of aryl methyl sites for hydroxylation is 2. The van der Waals surface area contributed by atoms with Crippen LogP contribution >= 0.6 is 0 Å². The molecule has 1 nitrogen and oxygen atoms in total. The Bertz CT molecular complexity index is 306. The van der Waals surface area contributed by atoms with Crippen LogP contribution in [0.1, 0.15) is 50.3 Å². The summed E-state index contributed by atoms with van der Waals surface area (Å²) in [5, 5.41) is 0. The van der Waals surface area contributed by atoms with E-state index in [0.29, 0.717) is 0 Å². The molecule has 0 aliphatic heterocycles. The molecular formula is C14H22O. The highest BCUT2D eigenvalue weighted by Crippen LogP contribution is 2.23. The molecule has 0 heterocycles. The molecule has 1 aromatic rings. The van der Waals surface area contributed by atoms with Crippen LogP contribution in [-0.2, 0) is 4.79 Å². The lowest BCUT2D eigenvalue weighted by atomic mass is 9.90. The third-order valence-electron chi connectivity index (χ3n) is 2.58. The number of Topliss-reactive ketones (excluding diaryl/α,β-unsaturated/α-hetero) is 1. The minimum Gasteiger partial charge on any atom is -0.299 e. The van der Waals surface area contributed by atoms with Crippen molar-refractivity contribution in [3.63, 3.8) is 0 Å². The number of hydrogen-bond donors (Lipinski definition) is 0. The number of benzene rings is 1. The number of hydrogen-bond acceptors (Lipinski definition) is 1. The fourth-order valence-corrected chi connectivity index (χ4v) is 1.71. The van der Waals surface area contributed by atoms with E-state index in [9.17, 15) is 4.79 Å². The summed E-state index contributed by atoms with van der Waals surface area (Å²) in [6, 6.07) is 6.14. The zero-order chi connectivity index (χ0) is 12.0. The molecule has 0 aliphatic rings. The Hall–Kier alpha value is -1.11. The molecule has 84 valence electrons. The van der Waals surface area contributed by atoms with Crippen LogP contribution in [0.3, 0.4) is 0 Å². The van der Waals surface area contributed by atoms with E-state index in [-0.39, 0.29) is 11.7 Å². The van der Waals surface area contributed by atoms with Crippen molar-refractivity contribution >= 4 is 5.78 Å². The van der Waals surface area contributed by atoms with Crippen molar-refractivity contribution in [1.82, 2.24) is 0 Å². The Balaban J connectivity index is 0.000000921. The molecule has 1 rings (SSSR count). The van der Waals surface area contributed by atoms with Crippen LogP contribution in [0.25, 0.3) is 0 Å². The average Bonchev–Trinajstić information content (AvgIpc) is 2.20. The third-order valence-corrected chi connectivity index (χ3v) is 2.58. The standard InChI is InChI=1S/C12H16O.C2H6/c1-8-6-5-7-9(2)12(8)10(3)11(4)13;1-2/h5-7,10H,1-4H3;1-2H3. The molecule has 0 fully saturated rings. The highest BCUT2D eigenvalue weighted by atomic mass is 16.1. The lowest BCUT2D eigenvalue weighted by Gasteiger charge is -2.14. The van der Waals surface area contributed by atoms with Gasteiger partial charge in [-0.1, -0.05) is 39.0 Å². The number of ketones is 1. The summed E-state index contributed by atoms with van der Waals surface area (Å²) in [4.78, 5) is 11.2. The monoisotopic (exact) mass is 206 g/mol. The second-order valence-corrected chi connectivity index (χ2v) is 3.64. The molecule has 0 saturated heterocycles. The van der Waals surface area contributed by atoms with Crippen LogP contribution in [0.5, 0.6) is 0 Å². The Kier molecular flexibility index (Phi) is 5.92. The van der Waals surface area contributed by atoms with Crippen LogP contribution in [0.4, 0.5) is 0 Å². The van der Waals surface area contributed by atoms with Gasteiger partial charge in [0.05, 0.1) is 0 Å². The van der Waals surface area contributed by atoms with Crippen LogP contribution in [0.15, 0.2) is 18.2 Å². The molecule has 1 unspecified atom stereocenters. The van der Waals surface area contributed by atoms with Gasteiger partial charge in [0.1, 0.15) is 5.78 Å². The fraction of sp³-hybridized carbons (Fsp3) is 0.500. The SMILES string of the molecule is CC.CC(=O)C(C)c1c(C)cccc1C. The van der Waals surface area contributed by atoms with E-state index in [2.05, 4.69) is 26.0 Å². The number of carbonyl (C=O) groups is 1. The van der Waals surface area contributed by atoms with Crippen LogP contribution in [0.2, 0.25) is 0 Å². The topological polar surface area (TPSA) is 17.1 Å². The van der Waals surface area contributed by atoms with Crippen molar-refractivity contribution in [2.75, 3.05) is 0 Å². The van der Waals surface area contributed by atoms with E-state index in [1.165, 1.54) is 16.7 Å². The summed E-state index contributed by atoms with van der Waals surface area (Å²) < 4.78 is 0. The lowest BCUT2D eigenvalue weighted by Crippen LogP contribution is -2.07. The molecule has 0 spiro atoms. The summed E-state index contributed by atoms with van der Waals surface area (Å²) in [7, 11) is 0. The Morgan fingerprint density at radius 1 is 1.13 bits per heavy atom. The van der Waals surface area contributed by atoms with E-state index in [1.807, 2.05) is 26.8 Å². The molecule has 15 heavy (non-hydrogen) atoms. The first kappa shape index (κ1) is 13.9. The van der Waals surface area contributed by atoms with Crippen molar-refractivity contribution in [2.45, 2.75) is 47.5 Å². The van der Waals surface area contributed by atoms with Crippen molar-refractivity contribution in [3.8, 4) is 0 Å². The molecular weight excluding hydrogens is 184 g/mol. The predicted octanol–water partition coefficient (Wildman–Crippen LogP) is 4.02. The van der Waals surface area contributed by atoms with Crippen LogP contribution in [0, 0.1) is 13.8 Å². The average molecular weight is 206 g/mol. The summed E-state index contributed by atoms with van der Waals surface area (Å²) in [5.74, 6) is 0.263. The fourth-order valence-electron chi connectivity index (χ4n) is 1.71. The summed E-state index contributed by atoms with van der Waals surface area (Å²) in [6.07, 6.45) is 0. The predicted molar refractivity (Wildman–Crippen MR) is 66.4 cm³/mol. The largest absolute Gasteiger partial charge is 0.299 e. The summed E-state index contributed by atoms with van der Waals surface area (Å²) in [5.41, 5.74) is 3.61. The highest BCUT2D eigenvalue weighted by Gasteiger charge is 2.14. The van der Waals surface area contributed by atoms with E-state index in [0.717, 1.165) is 0 Å². The van der Waals surface area contributed by atoms with Gasteiger partial charge in [0, 0.05) is 5.92 Å². The summed E-state index contributed by atoms with van der Waals surface area (Å²) in [6.45, 7) is 11.7. The molecule has 1 heteroatoms. The Morgan fingerprint density at radius 2 is 1.53 bits per heavy atom. The first-order valence-corrected chi connectivity index (χ1v) is 5.60. The van der Waals surface area contributed by atoms with Gasteiger partial charge < -0.3 is 0 Å². The first-order valence-electron chi connectivity index (χ1n) is 5.60.